The van der Waals surface area contributed by atoms with Crippen molar-refractivity contribution in [2.24, 2.45) is 5.73 Å². The van der Waals surface area contributed by atoms with Crippen LogP contribution in [0.25, 0.3) is 0 Å². The van der Waals surface area contributed by atoms with Gasteiger partial charge in [-0.15, -0.1) is 5.10 Å². The predicted molar refractivity (Wildman–Crippen MR) is 78.6 cm³/mol. The molecule has 6 heteroatoms. The van der Waals surface area contributed by atoms with Gasteiger partial charge in [0.15, 0.2) is 0 Å². The Hall–Kier alpha value is -1.40. The monoisotopic (exact) mass is 289 g/mol. The number of hydrogen-bond acceptors (Lipinski definition) is 5. The molecule has 20 heavy (non-hydrogen) atoms. The number of rotatable bonds is 6. The number of hydrogen-bond donors (Lipinski definition) is 1. The first-order valence-corrected chi connectivity index (χ1v) is 7.88. The molecule has 0 spiro atoms. The molecule has 0 radical (unpaired) electrons. The lowest BCUT2D eigenvalue weighted by molar-refractivity contribution is 0.565. The molecule has 0 saturated heterocycles. The van der Waals surface area contributed by atoms with Crippen molar-refractivity contribution in [3.63, 3.8) is 0 Å². The average molecular weight is 289 g/mol. The molecule has 2 aromatic rings. The Labute approximate surface area is 122 Å². The largest absolute Gasteiger partial charge is 0.327 e. The third kappa shape index (κ3) is 3.19. The summed E-state index contributed by atoms with van der Waals surface area (Å²) in [4.78, 5) is 1.16. The van der Waals surface area contributed by atoms with Gasteiger partial charge in [0.1, 0.15) is 0 Å². The molecule has 1 fully saturated rings. The van der Waals surface area contributed by atoms with E-state index in [-0.39, 0.29) is 6.04 Å². The van der Waals surface area contributed by atoms with Crippen LogP contribution in [0, 0.1) is 0 Å². The first-order chi connectivity index (χ1) is 9.76. The highest BCUT2D eigenvalue weighted by molar-refractivity contribution is 7.99. The van der Waals surface area contributed by atoms with Crippen molar-refractivity contribution in [2.75, 3.05) is 0 Å². The molecule has 1 aromatic heterocycles. The highest BCUT2D eigenvalue weighted by atomic mass is 32.2. The smallest absolute Gasteiger partial charge is 0.214 e. The first-order valence-electron chi connectivity index (χ1n) is 7.06. The highest BCUT2D eigenvalue weighted by Crippen LogP contribution is 2.37. The van der Waals surface area contributed by atoms with E-state index in [9.17, 15) is 0 Å². The van der Waals surface area contributed by atoms with Crippen LogP contribution >= 0.6 is 11.8 Å². The average Bonchev–Trinajstić information content (AvgIpc) is 3.21. The molecule has 0 aliphatic heterocycles. The number of aromatic nitrogens is 4. The van der Waals surface area contributed by atoms with Crippen LogP contribution in [-0.4, -0.2) is 26.2 Å². The van der Waals surface area contributed by atoms with Crippen LogP contribution in [0.15, 0.2) is 34.3 Å². The topological polar surface area (TPSA) is 69.6 Å². The van der Waals surface area contributed by atoms with Gasteiger partial charge in [0.2, 0.25) is 5.16 Å². The van der Waals surface area contributed by atoms with Crippen LogP contribution in [0.1, 0.15) is 37.8 Å². The Balaban J connectivity index is 1.67. The highest BCUT2D eigenvalue weighted by Gasteiger charge is 2.28. The Morgan fingerprint density at radius 3 is 2.75 bits per heavy atom. The van der Waals surface area contributed by atoms with Crippen LogP contribution in [0.2, 0.25) is 0 Å². The van der Waals surface area contributed by atoms with Crippen LogP contribution in [0.3, 0.4) is 0 Å². The van der Waals surface area contributed by atoms with Gasteiger partial charge in [-0.3, -0.25) is 0 Å². The standard InChI is InChI=1S/C14H19N5S/c1-2-11(15)9-10-3-7-13(8-4-10)20-14-16-17-18-19(14)12-5-6-12/h3-4,7-8,11-12H,2,5-6,9,15H2,1H3. The van der Waals surface area contributed by atoms with E-state index in [1.165, 1.54) is 18.4 Å². The van der Waals surface area contributed by atoms with Gasteiger partial charge < -0.3 is 5.73 Å². The summed E-state index contributed by atoms with van der Waals surface area (Å²) in [6.45, 7) is 2.12. The van der Waals surface area contributed by atoms with E-state index in [2.05, 4.69) is 46.7 Å². The summed E-state index contributed by atoms with van der Waals surface area (Å²) in [5.74, 6) is 0. The Morgan fingerprint density at radius 1 is 1.35 bits per heavy atom. The molecule has 2 N–H and O–H groups in total. The molecule has 0 amide bonds. The summed E-state index contributed by atoms with van der Waals surface area (Å²) in [7, 11) is 0. The number of nitrogens with zero attached hydrogens (tertiary/aromatic N) is 4. The van der Waals surface area contributed by atoms with Crippen LogP contribution in [-0.2, 0) is 6.42 Å². The van der Waals surface area contributed by atoms with Crippen molar-refractivity contribution in [2.45, 2.75) is 54.7 Å². The molecule has 1 heterocycles. The summed E-state index contributed by atoms with van der Waals surface area (Å²) in [6.07, 6.45) is 4.31. The predicted octanol–water partition coefficient (Wildman–Crippen LogP) is 2.44. The maximum atomic E-state index is 5.98. The molecule has 1 aliphatic rings. The lowest BCUT2D eigenvalue weighted by Gasteiger charge is -2.09. The van der Waals surface area contributed by atoms with Crippen molar-refractivity contribution in [3.05, 3.63) is 29.8 Å². The first kappa shape index (κ1) is 13.6. The summed E-state index contributed by atoms with van der Waals surface area (Å²) < 4.78 is 1.94. The number of benzene rings is 1. The zero-order chi connectivity index (χ0) is 13.9. The van der Waals surface area contributed by atoms with Crippen molar-refractivity contribution >= 4 is 11.8 Å². The van der Waals surface area contributed by atoms with Crippen molar-refractivity contribution in [1.82, 2.24) is 20.2 Å². The van der Waals surface area contributed by atoms with E-state index in [4.69, 9.17) is 5.73 Å². The lowest BCUT2D eigenvalue weighted by Crippen LogP contribution is -2.21. The summed E-state index contributed by atoms with van der Waals surface area (Å²) in [6, 6.07) is 9.28. The van der Waals surface area contributed by atoms with Gasteiger partial charge in [-0.1, -0.05) is 19.1 Å². The molecule has 1 aliphatic carbocycles. The number of tetrazole rings is 1. The SMILES string of the molecule is CCC(N)Cc1ccc(Sc2nnnn2C2CC2)cc1. The van der Waals surface area contributed by atoms with E-state index >= 15 is 0 Å². The van der Waals surface area contributed by atoms with Gasteiger partial charge in [-0.2, -0.15) is 0 Å². The van der Waals surface area contributed by atoms with Gasteiger partial charge in [-0.05, 0) is 65.6 Å². The molecule has 1 saturated carbocycles. The Morgan fingerprint density at radius 2 is 2.10 bits per heavy atom. The fraction of sp³-hybridized carbons (Fsp3) is 0.500. The Bertz CT molecular complexity index is 561. The van der Waals surface area contributed by atoms with Gasteiger partial charge in [0, 0.05) is 10.9 Å². The second-order valence-electron chi connectivity index (χ2n) is 5.26. The maximum absolute atomic E-state index is 5.98. The molecule has 106 valence electrons. The van der Waals surface area contributed by atoms with Crippen LogP contribution in [0.4, 0.5) is 0 Å². The van der Waals surface area contributed by atoms with Gasteiger partial charge in [0.05, 0.1) is 6.04 Å². The van der Waals surface area contributed by atoms with E-state index in [0.717, 1.165) is 22.9 Å². The van der Waals surface area contributed by atoms with E-state index < -0.39 is 0 Å². The summed E-state index contributed by atoms with van der Waals surface area (Å²) >= 11 is 1.62. The normalized spacial score (nSPS) is 16.3. The van der Waals surface area contributed by atoms with Gasteiger partial charge >= 0.3 is 0 Å². The fourth-order valence-electron chi connectivity index (χ4n) is 2.05. The fourth-order valence-corrected chi connectivity index (χ4v) is 2.89. The Kier molecular flexibility index (Phi) is 4.03. The molecule has 1 aromatic carbocycles. The second-order valence-corrected chi connectivity index (χ2v) is 6.30. The molecular weight excluding hydrogens is 270 g/mol. The van der Waals surface area contributed by atoms with Crippen LogP contribution < -0.4 is 5.73 Å². The second kappa shape index (κ2) is 5.93. The maximum Gasteiger partial charge on any atom is 0.214 e. The van der Waals surface area contributed by atoms with E-state index in [1.807, 2.05) is 4.68 Å². The minimum atomic E-state index is 0.246. The van der Waals surface area contributed by atoms with Crippen LogP contribution in [0.5, 0.6) is 0 Å². The zero-order valence-electron chi connectivity index (χ0n) is 11.6. The molecule has 3 rings (SSSR count). The van der Waals surface area contributed by atoms with Crippen molar-refractivity contribution in [3.8, 4) is 0 Å². The molecule has 5 nitrogen and oxygen atoms in total. The minimum Gasteiger partial charge on any atom is -0.327 e. The van der Waals surface area contributed by atoms with E-state index in [1.54, 1.807) is 11.8 Å². The third-order valence-corrected chi connectivity index (χ3v) is 4.47. The summed E-state index contributed by atoms with van der Waals surface area (Å²) in [5.41, 5.74) is 7.26. The van der Waals surface area contributed by atoms with Gasteiger partial charge in [-0.25, -0.2) is 4.68 Å². The number of nitrogens with two attached hydrogens (primary N) is 1. The van der Waals surface area contributed by atoms with Crippen molar-refractivity contribution in [1.29, 1.82) is 0 Å². The lowest BCUT2D eigenvalue weighted by atomic mass is 10.1. The summed E-state index contributed by atoms with van der Waals surface area (Å²) in [5, 5.41) is 12.8. The molecule has 1 atom stereocenters. The molecule has 0 bridgehead atoms. The molecule has 1 unspecified atom stereocenters. The zero-order valence-corrected chi connectivity index (χ0v) is 12.4. The van der Waals surface area contributed by atoms with Crippen molar-refractivity contribution < 1.29 is 0 Å². The minimum absolute atomic E-state index is 0.246. The van der Waals surface area contributed by atoms with Gasteiger partial charge in [0.25, 0.3) is 0 Å². The molecular formula is C14H19N5S. The van der Waals surface area contributed by atoms with E-state index in [0.29, 0.717) is 6.04 Å². The quantitative estimate of drug-likeness (QED) is 0.884. The third-order valence-electron chi connectivity index (χ3n) is 3.51.